The lowest BCUT2D eigenvalue weighted by atomic mass is 10.0. The highest BCUT2D eigenvalue weighted by Gasteiger charge is 2.29. The Hall–Kier alpha value is -4.08. The number of rotatable bonds is 11. The summed E-state index contributed by atoms with van der Waals surface area (Å²) in [6.07, 6.45) is -1.26. The molecule has 0 bridgehead atoms. The summed E-state index contributed by atoms with van der Waals surface area (Å²) in [7, 11) is 1.21. The van der Waals surface area contributed by atoms with Crippen LogP contribution in [0.15, 0.2) is 60.7 Å². The summed E-state index contributed by atoms with van der Waals surface area (Å²) in [5, 5.41) is 5.19. The highest BCUT2D eigenvalue weighted by molar-refractivity contribution is 5.88. The summed E-state index contributed by atoms with van der Waals surface area (Å²) >= 11 is 0. The second-order valence-electron chi connectivity index (χ2n) is 9.21. The minimum atomic E-state index is -1.02. The number of alkyl carbamates (subject to hydrolysis) is 2. The molecule has 0 unspecified atom stereocenters. The Morgan fingerprint density at radius 2 is 1.49 bits per heavy atom. The molecule has 0 saturated heterocycles. The summed E-state index contributed by atoms with van der Waals surface area (Å²) in [6, 6.07) is 17.3. The SMILES string of the molecule is COC(=O)CN(CCNC(=O)OCc1ccccc1)C(=O)[C@H](Cc1ccccc1)NC(=O)OC(C)(C)C. The number of hydrogen-bond acceptors (Lipinski definition) is 7. The molecule has 0 heterocycles. The van der Waals surface area contributed by atoms with Crippen molar-refractivity contribution in [1.82, 2.24) is 15.5 Å². The number of ether oxygens (including phenoxy) is 3. The smallest absolute Gasteiger partial charge is 0.408 e. The predicted octanol–water partition coefficient (Wildman–Crippen LogP) is 3.05. The van der Waals surface area contributed by atoms with Crippen molar-refractivity contribution in [2.24, 2.45) is 0 Å². The third kappa shape index (κ3) is 11.5. The van der Waals surface area contributed by atoms with Gasteiger partial charge in [-0.1, -0.05) is 60.7 Å². The number of amides is 3. The number of nitrogens with zero attached hydrogens (tertiary/aromatic N) is 1. The molecule has 0 spiro atoms. The van der Waals surface area contributed by atoms with Crippen LogP contribution in [0, 0.1) is 0 Å². The van der Waals surface area contributed by atoms with Crippen LogP contribution in [0.3, 0.4) is 0 Å². The van der Waals surface area contributed by atoms with E-state index in [1.165, 1.54) is 12.0 Å². The van der Waals surface area contributed by atoms with Gasteiger partial charge in [-0.05, 0) is 31.9 Å². The van der Waals surface area contributed by atoms with Gasteiger partial charge in [0.2, 0.25) is 5.91 Å². The van der Waals surface area contributed by atoms with Crippen molar-refractivity contribution in [2.75, 3.05) is 26.7 Å². The Morgan fingerprint density at radius 3 is 2.05 bits per heavy atom. The van der Waals surface area contributed by atoms with Crippen molar-refractivity contribution >= 4 is 24.1 Å². The van der Waals surface area contributed by atoms with Gasteiger partial charge < -0.3 is 29.7 Å². The quantitative estimate of drug-likeness (QED) is 0.350. The van der Waals surface area contributed by atoms with Crippen LogP contribution in [0.2, 0.25) is 0 Å². The van der Waals surface area contributed by atoms with Crippen LogP contribution in [0.1, 0.15) is 31.9 Å². The van der Waals surface area contributed by atoms with Gasteiger partial charge in [-0.2, -0.15) is 0 Å². The van der Waals surface area contributed by atoms with Gasteiger partial charge in [0.15, 0.2) is 0 Å². The Labute approximate surface area is 217 Å². The molecule has 10 heteroatoms. The standard InChI is InChI=1S/C27H35N3O7/c1-27(2,3)37-26(34)29-22(17-20-11-7-5-8-12-20)24(32)30(18-23(31)35-4)16-15-28-25(33)36-19-21-13-9-6-10-14-21/h5-14,22H,15-19H2,1-4H3,(H,28,33)(H,29,34)/t22-/m0/s1. The van der Waals surface area contributed by atoms with Crippen LogP contribution in [0.4, 0.5) is 9.59 Å². The van der Waals surface area contributed by atoms with E-state index in [-0.39, 0.29) is 32.7 Å². The molecule has 0 aliphatic rings. The molecule has 0 aromatic heterocycles. The molecule has 37 heavy (non-hydrogen) atoms. The average molecular weight is 514 g/mol. The molecular formula is C27H35N3O7. The van der Waals surface area contributed by atoms with Crippen LogP contribution in [0.25, 0.3) is 0 Å². The van der Waals surface area contributed by atoms with E-state index < -0.39 is 35.7 Å². The molecule has 2 aromatic carbocycles. The Bertz CT molecular complexity index is 1020. The minimum absolute atomic E-state index is 0.0147. The summed E-state index contributed by atoms with van der Waals surface area (Å²) in [4.78, 5) is 51.3. The molecule has 3 amide bonds. The van der Waals surface area contributed by atoms with Crippen molar-refractivity contribution in [3.05, 3.63) is 71.8 Å². The topological polar surface area (TPSA) is 123 Å². The van der Waals surface area contributed by atoms with E-state index in [2.05, 4.69) is 10.6 Å². The van der Waals surface area contributed by atoms with Gasteiger partial charge in [0.25, 0.3) is 0 Å². The van der Waals surface area contributed by atoms with E-state index >= 15 is 0 Å². The van der Waals surface area contributed by atoms with Crippen LogP contribution in [0.5, 0.6) is 0 Å². The third-order valence-corrected chi connectivity index (χ3v) is 4.99. The molecule has 0 radical (unpaired) electrons. The molecule has 0 aliphatic heterocycles. The summed E-state index contributed by atoms with van der Waals surface area (Å²) in [5.74, 6) is -1.17. The van der Waals surface area contributed by atoms with E-state index in [9.17, 15) is 19.2 Å². The Kier molecular flexibility index (Phi) is 11.4. The lowest BCUT2D eigenvalue weighted by Crippen LogP contribution is -2.53. The number of benzene rings is 2. The molecule has 0 aliphatic carbocycles. The molecule has 1 atom stereocenters. The number of carbonyl (C=O) groups excluding carboxylic acids is 4. The maximum atomic E-state index is 13.5. The predicted molar refractivity (Wildman–Crippen MR) is 137 cm³/mol. The second kappa shape index (κ2) is 14.5. The largest absolute Gasteiger partial charge is 0.468 e. The number of hydrogen-bond donors (Lipinski definition) is 2. The highest BCUT2D eigenvalue weighted by Crippen LogP contribution is 2.10. The van der Waals surface area contributed by atoms with Crippen molar-refractivity contribution < 1.29 is 33.4 Å². The molecule has 10 nitrogen and oxygen atoms in total. The van der Waals surface area contributed by atoms with Gasteiger partial charge in [0.05, 0.1) is 7.11 Å². The zero-order valence-corrected chi connectivity index (χ0v) is 21.7. The maximum Gasteiger partial charge on any atom is 0.408 e. The number of esters is 1. The summed E-state index contributed by atoms with van der Waals surface area (Å²) in [5.41, 5.74) is 0.870. The van der Waals surface area contributed by atoms with E-state index in [0.717, 1.165) is 11.1 Å². The first-order valence-electron chi connectivity index (χ1n) is 11.9. The summed E-state index contributed by atoms with van der Waals surface area (Å²) in [6.45, 7) is 4.87. The first kappa shape index (κ1) is 29.2. The molecule has 2 rings (SSSR count). The number of carbonyl (C=O) groups is 4. The zero-order chi connectivity index (χ0) is 27.3. The van der Waals surface area contributed by atoms with Gasteiger partial charge in [0.1, 0.15) is 24.8 Å². The maximum absolute atomic E-state index is 13.5. The van der Waals surface area contributed by atoms with Gasteiger partial charge in [-0.15, -0.1) is 0 Å². The van der Waals surface area contributed by atoms with Crippen LogP contribution in [-0.2, 0) is 36.8 Å². The zero-order valence-electron chi connectivity index (χ0n) is 21.7. The Balaban J connectivity index is 2.07. The van der Waals surface area contributed by atoms with Gasteiger partial charge in [-0.25, -0.2) is 9.59 Å². The van der Waals surface area contributed by atoms with Crippen LogP contribution >= 0.6 is 0 Å². The first-order valence-corrected chi connectivity index (χ1v) is 11.9. The summed E-state index contributed by atoms with van der Waals surface area (Å²) < 4.78 is 15.2. The Morgan fingerprint density at radius 1 is 0.892 bits per heavy atom. The van der Waals surface area contributed by atoms with E-state index in [0.29, 0.717) is 0 Å². The van der Waals surface area contributed by atoms with Crippen molar-refractivity contribution in [3.8, 4) is 0 Å². The fourth-order valence-corrected chi connectivity index (χ4v) is 3.27. The minimum Gasteiger partial charge on any atom is -0.468 e. The van der Waals surface area contributed by atoms with Gasteiger partial charge in [-0.3, -0.25) is 9.59 Å². The number of nitrogens with one attached hydrogen (secondary N) is 2. The normalized spacial score (nSPS) is 11.6. The molecule has 0 fully saturated rings. The van der Waals surface area contributed by atoms with Gasteiger partial charge >= 0.3 is 18.2 Å². The van der Waals surface area contributed by atoms with Gasteiger partial charge in [0, 0.05) is 19.5 Å². The van der Waals surface area contributed by atoms with E-state index in [1.54, 1.807) is 20.8 Å². The van der Waals surface area contributed by atoms with Crippen LogP contribution in [-0.4, -0.2) is 67.3 Å². The molecule has 2 N–H and O–H groups in total. The molecule has 0 saturated carbocycles. The lowest BCUT2D eigenvalue weighted by molar-refractivity contribution is -0.147. The third-order valence-electron chi connectivity index (χ3n) is 4.99. The van der Waals surface area contributed by atoms with E-state index in [1.807, 2.05) is 60.7 Å². The van der Waals surface area contributed by atoms with Crippen molar-refractivity contribution in [3.63, 3.8) is 0 Å². The fraction of sp³-hybridized carbons (Fsp3) is 0.407. The van der Waals surface area contributed by atoms with Crippen molar-refractivity contribution in [1.29, 1.82) is 0 Å². The highest BCUT2D eigenvalue weighted by atomic mass is 16.6. The number of methoxy groups -OCH3 is 1. The molecule has 2 aromatic rings. The molecular weight excluding hydrogens is 478 g/mol. The molecule has 200 valence electrons. The van der Waals surface area contributed by atoms with E-state index in [4.69, 9.17) is 14.2 Å². The average Bonchev–Trinajstić information content (AvgIpc) is 2.86. The van der Waals surface area contributed by atoms with Crippen molar-refractivity contribution in [2.45, 2.75) is 45.4 Å². The fourth-order valence-electron chi connectivity index (χ4n) is 3.27. The lowest BCUT2D eigenvalue weighted by Gasteiger charge is -2.28. The second-order valence-corrected chi connectivity index (χ2v) is 9.21. The van der Waals surface area contributed by atoms with Crippen LogP contribution < -0.4 is 10.6 Å². The first-order chi connectivity index (χ1) is 17.6. The monoisotopic (exact) mass is 513 g/mol.